The first-order valence-electron chi connectivity index (χ1n) is 7.94. The minimum atomic E-state index is -0.854. The van der Waals surface area contributed by atoms with Gasteiger partial charge in [-0.3, -0.25) is 10.1 Å². The highest BCUT2D eigenvalue weighted by atomic mass is 79.9. The fourth-order valence-corrected chi connectivity index (χ4v) is 4.95. The van der Waals surface area contributed by atoms with Crippen molar-refractivity contribution in [1.82, 2.24) is 5.32 Å². The molecule has 0 aliphatic carbocycles. The lowest BCUT2D eigenvalue weighted by Crippen LogP contribution is -2.33. The summed E-state index contributed by atoms with van der Waals surface area (Å²) in [5, 5.41) is 13.2. The molecular formula is C18H16BrCl2NO4S. The molecule has 0 amide bonds. The van der Waals surface area contributed by atoms with Gasteiger partial charge < -0.3 is 14.6 Å². The number of halogens is 3. The van der Waals surface area contributed by atoms with E-state index in [0.29, 0.717) is 37.3 Å². The Morgan fingerprint density at radius 1 is 1.37 bits per heavy atom. The van der Waals surface area contributed by atoms with Crippen LogP contribution in [0.25, 0.3) is 0 Å². The molecule has 1 fully saturated rings. The van der Waals surface area contributed by atoms with Gasteiger partial charge in [0.15, 0.2) is 11.5 Å². The van der Waals surface area contributed by atoms with E-state index in [1.54, 1.807) is 25.3 Å². The highest BCUT2D eigenvalue weighted by molar-refractivity contribution is 9.10. The fourth-order valence-electron chi connectivity index (χ4n) is 2.65. The first-order chi connectivity index (χ1) is 12.9. The number of methoxy groups -OCH3 is 1. The molecule has 27 heavy (non-hydrogen) atoms. The third-order valence-electron chi connectivity index (χ3n) is 4.06. The van der Waals surface area contributed by atoms with E-state index in [0.717, 1.165) is 5.56 Å². The van der Waals surface area contributed by atoms with Gasteiger partial charge in [0.05, 0.1) is 17.0 Å². The van der Waals surface area contributed by atoms with Crippen molar-refractivity contribution < 1.29 is 19.4 Å². The van der Waals surface area contributed by atoms with Crippen molar-refractivity contribution in [2.45, 2.75) is 18.0 Å². The Morgan fingerprint density at radius 3 is 2.67 bits per heavy atom. The summed E-state index contributed by atoms with van der Waals surface area (Å²) >= 11 is 17.4. The zero-order chi connectivity index (χ0) is 19.6. The number of rotatable bonds is 6. The van der Waals surface area contributed by atoms with Crippen LogP contribution in [0.15, 0.2) is 34.8 Å². The van der Waals surface area contributed by atoms with Crippen LogP contribution in [0.2, 0.25) is 10.0 Å². The number of nitrogens with one attached hydrogen (secondary N) is 1. The van der Waals surface area contributed by atoms with E-state index in [1.165, 1.54) is 11.8 Å². The minimum Gasteiger partial charge on any atom is -0.493 e. The van der Waals surface area contributed by atoms with Gasteiger partial charge >= 0.3 is 5.97 Å². The molecule has 2 aromatic carbocycles. The van der Waals surface area contributed by atoms with Crippen LogP contribution < -0.4 is 14.8 Å². The Hall–Kier alpha value is -1.12. The number of hydrogen-bond donors (Lipinski definition) is 2. The van der Waals surface area contributed by atoms with Crippen molar-refractivity contribution in [3.63, 3.8) is 0 Å². The summed E-state index contributed by atoms with van der Waals surface area (Å²) in [6.07, 6.45) is 0. The van der Waals surface area contributed by atoms with E-state index >= 15 is 0 Å². The minimum absolute atomic E-state index is 0.136. The number of thioether (sulfide) groups is 1. The highest BCUT2D eigenvalue weighted by Crippen LogP contribution is 2.42. The van der Waals surface area contributed by atoms with Crippen LogP contribution in [0.5, 0.6) is 11.5 Å². The maximum Gasteiger partial charge on any atom is 0.321 e. The lowest BCUT2D eigenvalue weighted by Gasteiger charge is -2.18. The zero-order valence-electron chi connectivity index (χ0n) is 14.2. The van der Waals surface area contributed by atoms with Crippen molar-refractivity contribution in [1.29, 1.82) is 0 Å². The molecule has 2 atom stereocenters. The van der Waals surface area contributed by atoms with Crippen LogP contribution in [0.1, 0.15) is 16.5 Å². The average molecular weight is 493 g/mol. The average Bonchev–Trinajstić information content (AvgIpc) is 3.12. The predicted molar refractivity (Wildman–Crippen MR) is 111 cm³/mol. The quantitative estimate of drug-likeness (QED) is 0.582. The normalized spacial score (nSPS) is 19.1. The molecule has 5 nitrogen and oxygen atoms in total. The number of carbonyl (C=O) groups is 1. The Bertz CT molecular complexity index is 847. The molecule has 0 spiro atoms. The number of hydrogen-bond acceptors (Lipinski definition) is 5. The van der Waals surface area contributed by atoms with E-state index in [2.05, 4.69) is 21.2 Å². The summed E-state index contributed by atoms with van der Waals surface area (Å²) in [5.41, 5.74) is 1.59. The molecule has 0 aromatic heterocycles. The topological polar surface area (TPSA) is 67.8 Å². The summed E-state index contributed by atoms with van der Waals surface area (Å²) in [6, 6.07) is 8.44. The Kier molecular flexibility index (Phi) is 6.81. The second-order valence-corrected chi connectivity index (χ2v) is 8.60. The SMILES string of the molecule is COc1cc(C2NC(C(=O)O)CS2)cc(Br)c1OCc1c(Cl)cccc1Cl. The first-order valence-corrected chi connectivity index (χ1v) is 10.5. The smallest absolute Gasteiger partial charge is 0.321 e. The van der Waals surface area contributed by atoms with E-state index in [1.807, 2.05) is 12.1 Å². The van der Waals surface area contributed by atoms with Crippen molar-refractivity contribution in [2.75, 3.05) is 12.9 Å². The Balaban J connectivity index is 1.82. The monoisotopic (exact) mass is 491 g/mol. The van der Waals surface area contributed by atoms with Gasteiger partial charge in [-0.25, -0.2) is 0 Å². The van der Waals surface area contributed by atoms with Crippen molar-refractivity contribution in [3.05, 3.63) is 56.0 Å². The Morgan fingerprint density at radius 2 is 2.07 bits per heavy atom. The lowest BCUT2D eigenvalue weighted by molar-refractivity contribution is -0.138. The number of aliphatic carboxylic acids is 1. The van der Waals surface area contributed by atoms with Crippen molar-refractivity contribution in [2.24, 2.45) is 0 Å². The molecule has 2 aromatic rings. The third-order valence-corrected chi connectivity index (χ3v) is 6.62. The molecule has 144 valence electrons. The maximum absolute atomic E-state index is 11.1. The summed E-state index contributed by atoms with van der Waals surface area (Å²) in [4.78, 5) is 11.1. The third kappa shape index (κ3) is 4.66. The van der Waals surface area contributed by atoms with Crippen molar-refractivity contribution >= 4 is 56.9 Å². The van der Waals surface area contributed by atoms with Gasteiger partial charge in [0.2, 0.25) is 0 Å². The highest BCUT2D eigenvalue weighted by Gasteiger charge is 2.31. The van der Waals surface area contributed by atoms with Gasteiger partial charge in [0, 0.05) is 21.4 Å². The summed E-state index contributed by atoms with van der Waals surface area (Å²) < 4.78 is 12.1. The van der Waals surface area contributed by atoms with Gasteiger partial charge in [-0.15, -0.1) is 11.8 Å². The number of benzene rings is 2. The van der Waals surface area contributed by atoms with Gasteiger partial charge in [-0.1, -0.05) is 29.3 Å². The molecule has 0 saturated carbocycles. The molecule has 9 heteroatoms. The molecular weight excluding hydrogens is 477 g/mol. The van der Waals surface area contributed by atoms with Crippen LogP contribution in [0, 0.1) is 0 Å². The number of ether oxygens (including phenoxy) is 2. The van der Waals surface area contributed by atoms with Crippen LogP contribution in [0.4, 0.5) is 0 Å². The molecule has 2 N–H and O–H groups in total. The van der Waals surface area contributed by atoms with E-state index in [-0.39, 0.29) is 12.0 Å². The maximum atomic E-state index is 11.1. The molecule has 2 unspecified atom stereocenters. The summed E-state index contributed by atoms with van der Waals surface area (Å²) in [7, 11) is 1.55. The lowest BCUT2D eigenvalue weighted by atomic mass is 10.2. The van der Waals surface area contributed by atoms with Crippen molar-refractivity contribution in [3.8, 4) is 11.5 Å². The second-order valence-electron chi connectivity index (χ2n) is 5.79. The molecule has 1 saturated heterocycles. The van der Waals surface area contributed by atoms with Gasteiger partial charge in [-0.05, 0) is 45.8 Å². The molecule has 1 aliphatic rings. The van der Waals surface area contributed by atoms with Crippen LogP contribution >= 0.6 is 50.9 Å². The van der Waals surface area contributed by atoms with Gasteiger partial charge in [0.1, 0.15) is 12.6 Å². The summed E-state index contributed by atoms with van der Waals surface area (Å²) in [6.45, 7) is 0.185. The Labute approximate surface area is 179 Å². The molecule has 1 heterocycles. The first kappa shape index (κ1) is 20.6. The van der Waals surface area contributed by atoms with Gasteiger partial charge in [-0.2, -0.15) is 0 Å². The van der Waals surface area contributed by atoms with E-state index in [4.69, 9.17) is 37.8 Å². The summed E-state index contributed by atoms with van der Waals surface area (Å²) in [5.74, 6) is 0.703. The second kappa shape index (κ2) is 8.92. The standard InChI is InChI=1S/C18H16BrCl2NO4S/c1-25-15-6-9(17-22-14(8-27-17)18(23)24)5-11(19)16(15)26-7-10-12(20)3-2-4-13(10)21/h2-6,14,17,22H,7-8H2,1H3,(H,23,24). The molecule has 0 radical (unpaired) electrons. The van der Waals surface area contributed by atoms with E-state index in [9.17, 15) is 4.79 Å². The van der Waals surface area contributed by atoms with Gasteiger partial charge in [0.25, 0.3) is 0 Å². The predicted octanol–water partition coefficient (Wildman–Crippen LogP) is 5.13. The number of carboxylic acid groups (broad SMARTS) is 1. The fraction of sp³-hybridized carbons (Fsp3) is 0.278. The van der Waals surface area contributed by atoms with Crippen LogP contribution in [-0.4, -0.2) is 30.0 Å². The zero-order valence-corrected chi connectivity index (χ0v) is 18.1. The van der Waals surface area contributed by atoms with Crippen LogP contribution in [0.3, 0.4) is 0 Å². The number of carboxylic acids is 1. The molecule has 3 rings (SSSR count). The largest absolute Gasteiger partial charge is 0.493 e. The molecule has 0 bridgehead atoms. The molecule has 1 aliphatic heterocycles. The van der Waals surface area contributed by atoms with E-state index < -0.39 is 12.0 Å². The van der Waals surface area contributed by atoms with Crippen LogP contribution in [-0.2, 0) is 11.4 Å².